The van der Waals surface area contributed by atoms with Crippen LogP contribution in [-0.4, -0.2) is 17.3 Å². The van der Waals surface area contributed by atoms with Gasteiger partial charge in [0.1, 0.15) is 6.10 Å². The van der Waals surface area contributed by atoms with E-state index in [2.05, 4.69) is 10.1 Å². The maximum atomic E-state index is 6.07. The fourth-order valence-corrected chi connectivity index (χ4v) is 2.54. The summed E-state index contributed by atoms with van der Waals surface area (Å²) < 4.78 is 16.8. The molecule has 0 spiro atoms. The molecule has 3 rings (SSSR count). The average molecular weight is 350 g/mol. The van der Waals surface area contributed by atoms with E-state index in [0.29, 0.717) is 23.2 Å². The number of ether oxygens (including phenoxy) is 2. The highest BCUT2D eigenvalue weighted by Gasteiger charge is 2.14. The maximum Gasteiger partial charge on any atom is 0.250 e. The van der Waals surface area contributed by atoms with Crippen LogP contribution in [0.1, 0.15) is 38.3 Å². The van der Waals surface area contributed by atoms with Gasteiger partial charge in [0.2, 0.25) is 5.82 Å². The summed E-state index contributed by atoms with van der Waals surface area (Å²) in [5, 5.41) is 4.03. The number of nitrogens with zero attached hydrogens (tertiary/aromatic N) is 2. The van der Waals surface area contributed by atoms with Gasteiger partial charge in [0.15, 0.2) is 11.5 Å². The van der Waals surface area contributed by atoms with Crippen molar-refractivity contribution < 1.29 is 14.0 Å². The van der Waals surface area contributed by atoms with E-state index in [9.17, 15) is 0 Å². The predicted octanol–water partition coefficient (Wildman–Crippen LogP) is 5.31. The number of methoxy groups -OCH3 is 1. The van der Waals surface area contributed by atoms with Crippen molar-refractivity contribution in [3.63, 3.8) is 0 Å². The normalized spacial score (nSPS) is 11.7. The Morgan fingerprint density at radius 3 is 2.54 bits per heavy atom. The average Bonchev–Trinajstić information content (AvgIpc) is 3.10. The molecule has 1 atom stereocenters. The van der Waals surface area contributed by atoms with Crippen molar-refractivity contribution in [3.8, 4) is 22.9 Å². The molecule has 0 amide bonds. The van der Waals surface area contributed by atoms with Crippen LogP contribution in [0.5, 0.6) is 11.5 Å². The third-order valence-corrected chi connectivity index (χ3v) is 3.85. The van der Waals surface area contributed by atoms with Crippen LogP contribution in [0, 0.1) is 0 Å². The Labute approximate surface area is 153 Å². The third kappa shape index (κ3) is 4.11. The molecule has 0 fully saturated rings. The van der Waals surface area contributed by atoms with E-state index < -0.39 is 0 Å². The Balaban J connectivity index is 1.84. The molecule has 5 heteroatoms. The summed E-state index contributed by atoms with van der Waals surface area (Å²) in [4.78, 5) is 4.38. The fraction of sp³-hybridized carbons (Fsp3) is 0.238. The molecule has 5 nitrogen and oxygen atoms in total. The van der Waals surface area contributed by atoms with Gasteiger partial charge in [-0.15, -0.1) is 0 Å². The third-order valence-electron chi connectivity index (χ3n) is 3.85. The van der Waals surface area contributed by atoms with Crippen molar-refractivity contribution >= 4 is 6.08 Å². The van der Waals surface area contributed by atoms with Crippen LogP contribution in [0.4, 0.5) is 0 Å². The molecule has 134 valence electrons. The SMILES string of the molecule is COc1cc(-c2noc(C=C(C)C)n2)ccc1OC(C)c1ccccc1. The summed E-state index contributed by atoms with van der Waals surface area (Å²) in [5.74, 6) is 2.29. The zero-order valence-corrected chi connectivity index (χ0v) is 15.4. The highest BCUT2D eigenvalue weighted by molar-refractivity contribution is 5.61. The Morgan fingerprint density at radius 1 is 1.08 bits per heavy atom. The zero-order chi connectivity index (χ0) is 18.5. The molecular weight excluding hydrogens is 328 g/mol. The first-order chi connectivity index (χ1) is 12.6. The first kappa shape index (κ1) is 17.7. The van der Waals surface area contributed by atoms with E-state index in [1.807, 2.05) is 75.4 Å². The van der Waals surface area contributed by atoms with Crippen LogP contribution in [0.3, 0.4) is 0 Å². The van der Waals surface area contributed by atoms with Gasteiger partial charge >= 0.3 is 0 Å². The topological polar surface area (TPSA) is 57.4 Å². The summed E-state index contributed by atoms with van der Waals surface area (Å²) in [7, 11) is 1.62. The fourth-order valence-electron chi connectivity index (χ4n) is 2.54. The minimum atomic E-state index is -0.0922. The first-order valence-electron chi connectivity index (χ1n) is 8.45. The summed E-state index contributed by atoms with van der Waals surface area (Å²) in [5.41, 5.74) is 3.00. The molecule has 0 aliphatic rings. The van der Waals surface area contributed by atoms with E-state index in [1.54, 1.807) is 7.11 Å². The van der Waals surface area contributed by atoms with Crippen molar-refractivity contribution in [2.45, 2.75) is 26.9 Å². The standard InChI is InChI=1S/C21H22N2O3/c1-14(2)12-20-22-21(23-26-20)17-10-11-18(19(13-17)24-4)25-15(3)16-8-6-5-7-9-16/h5-13,15H,1-4H3. The van der Waals surface area contributed by atoms with E-state index >= 15 is 0 Å². The second-order valence-corrected chi connectivity index (χ2v) is 6.21. The zero-order valence-electron chi connectivity index (χ0n) is 15.4. The van der Waals surface area contributed by atoms with Crippen LogP contribution < -0.4 is 9.47 Å². The lowest BCUT2D eigenvalue weighted by Gasteiger charge is -2.17. The van der Waals surface area contributed by atoms with Crippen molar-refractivity contribution in [1.82, 2.24) is 10.1 Å². The molecule has 0 saturated heterocycles. The van der Waals surface area contributed by atoms with Gasteiger partial charge in [0, 0.05) is 11.6 Å². The lowest BCUT2D eigenvalue weighted by atomic mass is 10.1. The highest BCUT2D eigenvalue weighted by atomic mass is 16.5. The molecule has 0 bridgehead atoms. The number of rotatable bonds is 6. The van der Waals surface area contributed by atoms with Gasteiger partial charge in [-0.25, -0.2) is 0 Å². The van der Waals surface area contributed by atoms with Crippen LogP contribution in [0.25, 0.3) is 17.5 Å². The Bertz CT molecular complexity index is 897. The summed E-state index contributed by atoms with van der Waals surface area (Å²) in [6.07, 6.45) is 1.75. The van der Waals surface area contributed by atoms with Crippen molar-refractivity contribution in [3.05, 3.63) is 65.6 Å². The quantitative estimate of drug-likeness (QED) is 0.603. The van der Waals surface area contributed by atoms with E-state index in [0.717, 1.165) is 16.7 Å². The maximum absolute atomic E-state index is 6.07. The van der Waals surface area contributed by atoms with Gasteiger partial charge in [-0.2, -0.15) is 4.98 Å². The van der Waals surface area contributed by atoms with E-state index in [1.165, 1.54) is 0 Å². The van der Waals surface area contributed by atoms with Crippen LogP contribution >= 0.6 is 0 Å². The molecule has 2 aromatic carbocycles. The van der Waals surface area contributed by atoms with Gasteiger partial charge in [0.25, 0.3) is 5.89 Å². The van der Waals surface area contributed by atoms with Crippen LogP contribution in [-0.2, 0) is 0 Å². The molecule has 0 N–H and O–H groups in total. The van der Waals surface area contributed by atoms with Crippen LogP contribution in [0.15, 0.2) is 58.6 Å². The molecule has 0 radical (unpaired) electrons. The number of hydrogen-bond acceptors (Lipinski definition) is 5. The predicted molar refractivity (Wildman–Crippen MR) is 101 cm³/mol. The van der Waals surface area contributed by atoms with Gasteiger partial charge in [-0.05, 0) is 44.5 Å². The smallest absolute Gasteiger partial charge is 0.250 e. The van der Waals surface area contributed by atoms with Crippen LogP contribution in [0.2, 0.25) is 0 Å². The van der Waals surface area contributed by atoms with Gasteiger partial charge < -0.3 is 14.0 Å². The van der Waals surface area contributed by atoms with Crippen molar-refractivity contribution in [1.29, 1.82) is 0 Å². The molecule has 3 aromatic rings. The molecule has 26 heavy (non-hydrogen) atoms. The van der Waals surface area contributed by atoms with E-state index in [-0.39, 0.29) is 6.10 Å². The molecule has 1 unspecified atom stereocenters. The van der Waals surface area contributed by atoms with Crippen molar-refractivity contribution in [2.75, 3.05) is 7.11 Å². The number of aromatic nitrogens is 2. The Morgan fingerprint density at radius 2 is 1.85 bits per heavy atom. The Kier molecular flexibility index (Phi) is 5.37. The first-order valence-corrected chi connectivity index (χ1v) is 8.45. The molecule has 1 aromatic heterocycles. The summed E-state index contributed by atoms with van der Waals surface area (Å²) >= 11 is 0. The summed E-state index contributed by atoms with van der Waals surface area (Å²) in [6, 6.07) is 15.7. The largest absolute Gasteiger partial charge is 0.493 e. The molecule has 1 heterocycles. The van der Waals surface area contributed by atoms with Gasteiger partial charge in [-0.1, -0.05) is 41.1 Å². The molecule has 0 aliphatic heterocycles. The second-order valence-electron chi connectivity index (χ2n) is 6.21. The van der Waals surface area contributed by atoms with E-state index in [4.69, 9.17) is 14.0 Å². The highest BCUT2D eigenvalue weighted by Crippen LogP contribution is 2.34. The number of benzene rings is 2. The lowest BCUT2D eigenvalue weighted by molar-refractivity contribution is 0.216. The summed E-state index contributed by atoms with van der Waals surface area (Å²) in [6.45, 7) is 5.97. The minimum Gasteiger partial charge on any atom is -0.493 e. The Hall–Kier alpha value is -3.08. The van der Waals surface area contributed by atoms with Gasteiger partial charge in [-0.3, -0.25) is 0 Å². The lowest BCUT2D eigenvalue weighted by Crippen LogP contribution is -2.04. The molecular formula is C21H22N2O3. The molecule has 0 saturated carbocycles. The number of allylic oxidation sites excluding steroid dienone is 1. The minimum absolute atomic E-state index is 0.0922. The monoisotopic (exact) mass is 350 g/mol. The number of hydrogen-bond donors (Lipinski definition) is 0. The second kappa shape index (κ2) is 7.87. The van der Waals surface area contributed by atoms with Crippen molar-refractivity contribution in [2.24, 2.45) is 0 Å². The molecule has 0 aliphatic carbocycles. The van der Waals surface area contributed by atoms with Gasteiger partial charge in [0.05, 0.1) is 7.11 Å².